The molecule has 0 radical (unpaired) electrons. The Hall–Kier alpha value is -2.05. The minimum Gasteiger partial charge on any atom is -0.459 e. The average molecular weight is 337 g/mol. The number of carbonyl (C=O) groups excluding carboxylic acids is 2. The molecule has 3 heterocycles. The molecule has 2 atom stereocenters. The molecular formula is C17H24FN3O3. The van der Waals surface area contributed by atoms with Crippen LogP contribution in [-0.4, -0.2) is 60.1 Å². The van der Waals surface area contributed by atoms with Crippen molar-refractivity contribution in [2.45, 2.75) is 38.9 Å². The second kappa shape index (κ2) is 6.45. The molecule has 0 saturated carbocycles. The number of nitrogens with one attached hydrogen (secondary N) is 1. The van der Waals surface area contributed by atoms with E-state index in [0.29, 0.717) is 39.0 Å². The summed E-state index contributed by atoms with van der Waals surface area (Å²) in [5.41, 5.74) is -0.672. The van der Waals surface area contributed by atoms with Gasteiger partial charge in [0.2, 0.25) is 0 Å². The molecule has 0 aromatic carbocycles. The highest BCUT2D eigenvalue weighted by atomic mass is 19.1. The van der Waals surface area contributed by atoms with E-state index in [1.54, 1.807) is 21.9 Å². The van der Waals surface area contributed by atoms with Crippen molar-refractivity contribution in [3.8, 4) is 0 Å². The second-order valence-corrected chi connectivity index (χ2v) is 7.10. The van der Waals surface area contributed by atoms with Crippen molar-refractivity contribution in [2.75, 3.05) is 26.2 Å². The number of halogens is 1. The third-order valence-electron chi connectivity index (χ3n) is 4.93. The molecule has 6 nitrogen and oxygen atoms in total. The topological polar surface area (TPSA) is 65.8 Å². The molecule has 7 heteroatoms. The molecule has 132 valence electrons. The van der Waals surface area contributed by atoms with Crippen LogP contribution in [0.5, 0.6) is 0 Å². The van der Waals surface area contributed by atoms with E-state index in [1.165, 1.54) is 6.26 Å². The lowest BCUT2D eigenvalue weighted by Crippen LogP contribution is -2.56. The number of alkyl halides is 1. The van der Waals surface area contributed by atoms with Gasteiger partial charge >= 0.3 is 6.03 Å². The molecular weight excluding hydrogens is 313 g/mol. The van der Waals surface area contributed by atoms with Crippen LogP contribution in [-0.2, 0) is 0 Å². The predicted molar refractivity (Wildman–Crippen MR) is 86.4 cm³/mol. The largest absolute Gasteiger partial charge is 0.459 e. The SMILES string of the molecule is CC(C)NC(=O)N1CC[C@@H](F)[C@]2(CCN(C(=O)c3ccco3)C2)C1. The Balaban J connectivity index is 1.70. The quantitative estimate of drug-likeness (QED) is 0.900. The molecule has 0 aliphatic carbocycles. The highest BCUT2D eigenvalue weighted by molar-refractivity contribution is 5.91. The fourth-order valence-corrected chi connectivity index (χ4v) is 3.66. The summed E-state index contributed by atoms with van der Waals surface area (Å²) in [6.45, 7) is 5.35. The molecule has 1 aromatic heterocycles. The zero-order valence-electron chi connectivity index (χ0n) is 14.1. The summed E-state index contributed by atoms with van der Waals surface area (Å²) >= 11 is 0. The monoisotopic (exact) mass is 337 g/mol. The Kier molecular flexibility index (Phi) is 4.51. The minimum atomic E-state index is -1.00. The third kappa shape index (κ3) is 3.12. The van der Waals surface area contributed by atoms with E-state index in [9.17, 15) is 14.0 Å². The normalized spacial score (nSPS) is 27.1. The Morgan fingerprint density at radius 3 is 2.75 bits per heavy atom. The summed E-state index contributed by atoms with van der Waals surface area (Å²) in [5.74, 6) is 0.0560. The van der Waals surface area contributed by atoms with Crippen molar-refractivity contribution < 1.29 is 18.4 Å². The summed E-state index contributed by atoms with van der Waals surface area (Å²) in [6, 6.07) is 3.16. The number of hydrogen-bond acceptors (Lipinski definition) is 3. The maximum atomic E-state index is 14.7. The summed E-state index contributed by atoms with van der Waals surface area (Å²) < 4.78 is 19.9. The average Bonchev–Trinajstić information content (AvgIpc) is 3.19. The van der Waals surface area contributed by atoms with Crippen molar-refractivity contribution >= 4 is 11.9 Å². The molecule has 2 saturated heterocycles. The maximum Gasteiger partial charge on any atom is 0.317 e. The molecule has 2 aliphatic rings. The van der Waals surface area contributed by atoms with Crippen LogP contribution in [0.1, 0.15) is 37.2 Å². The number of carbonyl (C=O) groups is 2. The first-order valence-electron chi connectivity index (χ1n) is 8.43. The summed E-state index contributed by atoms with van der Waals surface area (Å²) in [6.07, 6.45) is 1.32. The van der Waals surface area contributed by atoms with Crippen molar-refractivity contribution in [1.82, 2.24) is 15.1 Å². The van der Waals surface area contributed by atoms with E-state index in [-0.39, 0.29) is 23.7 Å². The zero-order chi connectivity index (χ0) is 17.3. The first-order valence-corrected chi connectivity index (χ1v) is 8.43. The number of furan rings is 1. The molecule has 2 aliphatic heterocycles. The highest BCUT2D eigenvalue weighted by Crippen LogP contribution is 2.41. The molecule has 1 spiro atoms. The third-order valence-corrected chi connectivity index (χ3v) is 4.93. The molecule has 3 rings (SSSR count). The Labute approximate surface area is 141 Å². The van der Waals surface area contributed by atoms with Gasteiger partial charge in [0.05, 0.1) is 6.26 Å². The van der Waals surface area contributed by atoms with Gasteiger partial charge in [0.1, 0.15) is 6.17 Å². The van der Waals surface area contributed by atoms with E-state index >= 15 is 0 Å². The fourth-order valence-electron chi connectivity index (χ4n) is 3.66. The number of hydrogen-bond donors (Lipinski definition) is 1. The number of amides is 3. The molecule has 24 heavy (non-hydrogen) atoms. The second-order valence-electron chi connectivity index (χ2n) is 7.10. The van der Waals surface area contributed by atoms with E-state index in [2.05, 4.69) is 5.32 Å². The molecule has 1 N–H and O–H groups in total. The first-order chi connectivity index (χ1) is 11.4. The van der Waals surface area contributed by atoms with E-state index in [4.69, 9.17) is 4.42 Å². The fraction of sp³-hybridized carbons (Fsp3) is 0.647. The van der Waals surface area contributed by atoms with Gasteiger partial charge in [-0.15, -0.1) is 0 Å². The Bertz CT molecular complexity index is 604. The van der Waals surface area contributed by atoms with Gasteiger partial charge in [-0.3, -0.25) is 4.79 Å². The van der Waals surface area contributed by atoms with Crippen LogP contribution >= 0.6 is 0 Å². The van der Waals surface area contributed by atoms with Gasteiger partial charge in [0.25, 0.3) is 5.91 Å². The Morgan fingerprint density at radius 2 is 2.08 bits per heavy atom. The van der Waals surface area contributed by atoms with Gasteiger partial charge in [0, 0.05) is 37.6 Å². The molecule has 1 aromatic rings. The van der Waals surface area contributed by atoms with E-state index in [0.717, 1.165) is 0 Å². The Morgan fingerprint density at radius 1 is 1.33 bits per heavy atom. The smallest absolute Gasteiger partial charge is 0.317 e. The number of likely N-dealkylation sites (tertiary alicyclic amines) is 2. The number of nitrogens with zero attached hydrogens (tertiary/aromatic N) is 2. The van der Waals surface area contributed by atoms with Crippen molar-refractivity contribution in [1.29, 1.82) is 0 Å². The lowest BCUT2D eigenvalue weighted by atomic mass is 9.77. The predicted octanol–water partition coefficient (Wildman–Crippen LogP) is 2.27. The van der Waals surface area contributed by atoms with Crippen LogP contribution in [0.4, 0.5) is 9.18 Å². The van der Waals surface area contributed by atoms with Crippen molar-refractivity contribution in [2.24, 2.45) is 5.41 Å². The number of urea groups is 1. The van der Waals surface area contributed by atoms with Crippen LogP contribution in [0.25, 0.3) is 0 Å². The van der Waals surface area contributed by atoms with Crippen LogP contribution in [0.3, 0.4) is 0 Å². The van der Waals surface area contributed by atoms with Gasteiger partial charge < -0.3 is 19.5 Å². The summed E-state index contributed by atoms with van der Waals surface area (Å²) in [4.78, 5) is 28.0. The van der Waals surface area contributed by atoms with Crippen molar-refractivity contribution in [3.63, 3.8) is 0 Å². The maximum absolute atomic E-state index is 14.7. The van der Waals surface area contributed by atoms with Gasteiger partial charge in [-0.05, 0) is 38.8 Å². The molecule has 0 unspecified atom stereocenters. The lowest BCUT2D eigenvalue weighted by molar-refractivity contribution is 0.0243. The summed E-state index contributed by atoms with van der Waals surface area (Å²) in [7, 11) is 0. The van der Waals surface area contributed by atoms with Gasteiger partial charge in [-0.2, -0.15) is 0 Å². The summed E-state index contributed by atoms with van der Waals surface area (Å²) in [5, 5.41) is 2.86. The lowest BCUT2D eigenvalue weighted by Gasteiger charge is -2.42. The van der Waals surface area contributed by atoms with Crippen molar-refractivity contribution in [3.05, 3.63) is 24.2 Å². The standard InChI is InChI=1S/C17H24FN3O3/c1-12(2)19-16(23)21-7-5-14(18)17(11-21)6-8-20(10-17)15(22)13-4-3-9-24-13/h3-4,9,12,14H,5-8,10-11H2,1-2H3,(H,19,23)/t14-,17+/m1/s1. The zero-order valence-corrected chi connectivity index (χ0v) is 14.1. The van der Waals surface area contributed by atoms with Crippen LogP contribution in [0.2, 0.25) is 0 Å². The van der Waals surface area contributed by atoms with Gasteiger partial charge in [-0.1, -0.05) is 0 Å². The number of piperidine rings is 1. The van der Waals surface area contributed by atoms with Crippen LogP contribution in [0.15, 0.2) is 22.8 Å². The van der Waals surface area contributed by atoms with E-state index in [1.807, 2.05) is 13.8 Å². The number of rotatable bonds is 2. The van der Waals surface area contributed by atoms with E-state index < -0.39 is 11.6 Å². The van der Waals surface area contributed by atoms with Crippen LogP contribution < -0.4 is 5.32 Å². The minimum absolute atomic E-state index is 0.0390. The highest BCUT2D eigenvalue weighted by Gasteiger charge is 2.50. The van der Waals surface area contributed by atoms with Gasteiger partial charge in [0.15, 0.2) is 5.76 Å². The first kappa shape index (κ1) is 16.8. The molecule has 3 amide bonds. The molecule has 0 bridgehead atoms. The van der Waals surface area contributed by atoms with Crippen LogP contribution in [0, 0.1) is 5.41 Å². The molecule has 2 fully saturated rings. The van der Waals surface area contributed by atoms with Gasteiger partial charge in [-0.25, -0.2) is 9.18 Å².